The highest BCUT2D eigenvalue weighted by molar-refractivity contribution is 5.94. The van der Waals surface area contributed by atoms with Crippen molar-refractivity contribution in [1.82, 2.24) is 9.55 Å². The lowest BCUT2D eigenvalue weighted by Crippen LogP contribution is -2.28. The third-order valence-electron chi connectivity index (χ3n) is 4.96. The number of hydrogen-bond donors (Lipinski definition) is 0. The number of carbonyl (C=O) groups excluding carboxylic acids is 1. The van der Waals surface area contributed by atoms with Crippen LogP contribution in [-0.2, 0) is 13.0 Å². The summed E-state index contributed by atoms with van der Waals surface area (Å²) in [6.07, 6.45) is 0.691. The van der Waals surface area contributed by atoms with Crippen LogP contribution in [0.5, 0.6) is 23.1 Å². The summed E-state index contributed by atoms with van der Waals surface area (Å²) in [5, 5.41) is 0. The Kier molecular flexibility index (Phi) is 4.80. The third-order valence-corrected chi connectivity index (χ3v) is 4.96. The average Bonchev–Trinajstić information content (AvgIpc) is 2.73. The molecule has 2 aromatic carbocycles. The molecule has 0 radical (unpaired) electrons. The Labute approximate surface area is 167 Å². The summed E-state index contributed by atoms with van der Waals surface area (Å²) < 4.78 is 18.2. The number of methoxy groups -OCH3 is 2. The maximum Gasteiger partial charge on any atom is 0.351 e. The number of rotatable bonds is 5. The van der Waals surface area contributed by atoms with E-state index in [2.05, 4.69) is 4.98 Å². The van der Waals surface area contributed by atoms with Gasteiger partial charge in [-0.2, -0.15) is 4.98 Å². The van der Waals surface area contributed by atoms with Crippen LogP contribution in [0.2, 0.25) is 0 Å². The van der Waals surface area contributed by atoms with E-state index in [4.69, 9.17) is 14.2 Å². The monoisotopic (exact) mass is 392 g/mol. The van der Waals surface area contributed by atoms with Crippen LogP contribution >= 0.6 is 0 Å². The molecular formula is C22H20N2O5. The summed E-state index contributed by atoms with van der Waals surface area (Å²) in [6, 6.07) is 12.2. The van der Waals surface area contributed by atoms with Gasteiger partial charge < -0.3 is 14.2 Å². The zero-order valence-corrected chi connectivity index (χ0v) is 16.4. The van der Waals surface area contributed by atoms with Gasteiger partial charge in [0, 0.05) is 23.7 Å². The molecule has 0 bridgehead atoms. The van der Waals surface area contributed by atoms with E-state index >= 15 is 0 Å². The number of benzene rings is 2. The molecule has 29 heavy (non-hydrogen) atoms. The van der Waals surface area contributed by atoms with Gasteiger partial charge in [-0.05, 0) is 55.3 Å². The second kappa shape index (κ2) is 7.43. The average molecular weight is 392 g/mol. The summed E-state index contributed by atoms with van der Waals surface area (Å²) in [5.74, 6) is 1.90. The van der Waals surface area contributed by atoms with Crippen molar-refractivity contribution in [2.24, 2.45) is 0 Å². The van der Waals surface area contributed by atoms with Crippen molar-refractivity contribution in [1.29, 1.82) is 0 Å². The molecule has 0 unspecified atom stereocenters. The van der Waals surface area contributed by atoms with Gasteiger partial charge in [-0.3, -0.25) is 9.36 Å². The highest BCUT2D eigenvalue weighted by Crippen LogP contribution is 2.38. The van der Waals surface area contributed by atoms with E-state index in [9.17, 15) is 9.59 Å². The first-order chi connectivity index (χ1) is 14.0. The molecule has 0 N–H and O–H groups in total. The zero-order chi connectivity index (χ0) is 20.5. The first kappa shape index (κ1) is 18.7. The van der Waals surface area contributed by atoms with Crippen LogP contribution < -0.4 is 19.9 Å². The lowest BCUT2D eigenvalue weighted by molar-refractivity contribution is 0.101. The van der Waals surface area contributed by atoms with E-state index in [1.807, 2.05) is 12.1 Å². The normalized spacial score (nSPS) is 12.0. The van der Waals surface area contributed by atoms with E-state index in [0.29, 0.717) is 41.5 Å². The van der Waals surface area contributed by atoms with E-state index in [1.54, 1.807) is 49.1 Å². The lowest BCUT2D eigenvalue weighted by Gasteiger charge is -2.23. The molecule has 7 heteroatoms. The molecular weight excluding hydrogens is 372 g/mol. The smallest absolute Gasteiger partial charge is 0.351 e. The number of Topliss-reactive ketones (excluding diaryl/α,β-unsaturated/α-hetero) is 1. The Morgan fingerprint density at radius 1 is 1.03 bits per heavy atom. The first-order valence-corrected chi connectivity index (χ1v) is 9.16. The zero-order valence-electron chi connectivity index (χ0n) is 16.4. The van der Waals surface area contributed by atoms with Crippen molar-refractivity contribution in [3.8, 4) is 34.4 Å². The van der Waals surface area contributed by atoms with E-state index < -0.39 is 0 Å². The van der Waals surface area contributed by atoms with Gasteiger partial charge in [0.15, 0.2) is 17.3 Å². The van der Waals surface area contributed by atoms with Gasteiger partial charge in [0.2, 0.25) is 5.88 Å². The van der Waals surface area contributed by atoms with Gasteiger partial charge in [-0.15, -0.1) is 0 Å². The quantitative estimate of drug-likeness (QED) is 0.619. The fourth-order valence-electron chi connectivity index (χ4n) is 3.45. The Morgan fingerprint density at radius 2 is 1.72 bits per heavy atom. The second-order valence-corrected chi connectivity index (χ2v) is 6.71. The molecule has 0 atom stereocenters. The van der Waals surface area contributed by atoms with Crippen LogP contribution in [0.25, 0.3) is 11.3 Å². The van der Waals surface area contributed by atoms with Crippen molar-refractivity contribution in [2.45, 2.75) is 19.9 Å². The molecule has 0 spiro atoms. The Bertz CT molecular complexity index is 1150. The molecule has 0 saturated carbocycles. The van der Waals surface area contributed by atoms with Crippen LogP contribution in [0, 0.1) is 0 Å². The second-order valence-electron chi connectivity index (χ2n) is 6.71. The number of aromatic nitrogens is 2. The molecule has 7 nitrogen and oxygen atoms in total. The molecule has 0 fully saturated rings. The highest BCUT2D eigenvalue weighted by Gasteiger charge is 2.22. The van der Waals surface area contributed by atoms with Crippen molar-refractivity contribution in [2.75, 3.05) is 14.2 Å². The first-order valence-electron chi connectivity index (χ1n) is 9.16. The van der Waals surface area contributed by atoms with E-state index in [1.165, 1.54) is 6.92 Å². The maximum atomic E-state index is 12.6. The van der Waals surface area contributed by atoms with Crippen molar-refractivity contribution in [3.05, 3.63) is 64.1 Å². The molecule has 148 valence electrons. The van der Waals surface area contributed by atoms with Crippen molar-refractivity contribution in [3.63, 3.8) is 0 Å². The summed E-state index contributed by atoms with van der Waals surface area (Å²) in [6.45, 7) is 2.03. The largest absolute Gasteiger partial charge is 0.493 e. The molecule has 1 aliphatic rings. The Morgan fingerprint density at radius 3 is 2.38 bits per heavy atom. The fourth-order valence-corrected chi connectivity index (χ4v) is 3.45. The van der Waals surface area contributed by atoms with Gasteiger partial charge in [0.1, 0.15) is 5.75 Å². The van der Waals surface area contributed by atoms with Gasteiger partial charge in [0.25, 0.3) is 0 Å². The minimum absolute atomic E-state index is 0.0253. The molecule has 1 aliphatic heterocycles. The number of carbonyl (C=O) groups is 1. The molecule has 3 aromatic rings. The van der Waals surface area contributed by atoms with Crippen LogP contribution in [0.15, 0.2) is 47.3 Å². The molecule has 0 aliphatic carbocycles. The number of hydrogen-bond acceptors (Lipinski definition) is 6. The SMILES string of the molecule is COc1cc2c(cc1OC)-c1cc(Oc3ccc(C(C)=O)cc3)nc(=O)n1CC2. The van der Waals surface area contributed by atoms with Crippen LogP contribution in [0.3, 0.4) is 0 Å². The van der Waals surface area contributed by atoms with Crippen molar-refractivity contribution < 1.29 is 19.0 Å². The van der Waals surface area contributed by atoms with E-state index in [-0.39, 0.29) is 17.4 Å². The minimum atomic E-state index is -0.377. The molecule has 0 saturated heterocycles. The number of ether oxygens (including phenoxy) is 3. The summed E-state index contributed by atoms with van der Waals surface area (Å²) in [7, 11) is 3.17. The third kappa shape index (κ3) is 3.47. The minimum Gasteiger partial charge on any atom is -0.493 e. The maximum absolute atomic E-state index is 12.6. The predicted octanol–water partition coefficient (Wildman–Crippen LogP) is 3.48. The number of nitrogens with zero attached hydrogens (tertiary/aromatic N) is 2. The Hall–Kier alpha value is -3.61. The Balaban J connectivity index is 1.75. The highest BCUT2D eigenvalue weighted by atomic mass is 16.5. The molecule has 1 aromatic heterocycles. The summed E-state index contributed by atoms with van der Waals surface area (Å²) in [4.78, 5) is 28.0. The lowest BCUT2D eigenvalue weighted by atomic mass is 9.97. The number of aryl methyl sites for hydroxylation is 1. The topological polar surface area (TPSA) is 79.7 Å². The van der Waals surface area contributed by atoms with Gasteiger partial charge in [-0.1, -0.05) is 0 Å². The van der Waals surface area contributed by atoms with Crippen LogP contribution in [0.1, 0.15) is 22.8 Å². The van der Waals surface area contributed by atoms with E-state index in [0.717, 1.165) is 11.1 Å². The summed E-state index contributed by atoms with van der Waals surface area (Å²) >= 11 is 0. The molecule has 2 heterocycles. The van der Waals surface area contributed by atoms with Gasteiger partial charge in [0.05, 0.1) is 19.9 Å². The van der Waals surface area contributed by atoms with Gasteiger partial charge >= 0.3 is 5.69 Å². The fraction of sp³-hybridized carbons (Fsp3) is 0.227. The van der Waals surface area contributed by atoms with Crippen LogP contribution in [-0.4, -0.2) is 29.6 Å². The molecule has 0 amide bonds. The number of fused-ring (bicyclic) bond motifs is 3. The van der Waals surface area contributed by atoms with Crippen molar-refractivity contribution >= 4 is 5.78 Å². The van der Waals surface area contributed by atoms with Crippen LogP contribution in [0.4, 0.5) is 0 Å². The predicted molar refractivity (Wildman–Crippen MR) is 107 cm³/mol. The molecule has 4 rings (SSSR count). The number of ketones is 1. The standard InChI is InChI=1S/C22H20N2O5/c1-13(25)14-4-6-16(7-5-14)29-21-12-18-17-11-20(28-3)19(27-2)10-15(17)8-9-24(18)22(26)23-21/h4-7,10-12H,8-9H2,1-3H3. The summed E-state index contributed by atoms with van der Waals surface area (Å²) in [5.41, 5.74) is 2.86. The van der Waals surface area contributed by atoms with Gasteiger partial charge in [-0.25, -0.2) is 4.79 Å².